The Kier molecular flexibility index (Phi) is 5.09. The first kappa shape index (κ1) is 15.7. The van der Waals surface area contributed by atoms with E-state index in [1.54, 1.807) is 36.4 Å². The molecular weight excluding hydrogens is 356 g/mol. The van der Waals surface area contributed by atoms with Crippen molar-refractivity contribution in [2.75, 3.05) is 17.7 Å². The zero-order valence-electron chi connectivity index (χ0n) is 11.3. The fraction of sp³-hybridized carbons (Fsp3) is 0.133. The van der Waals surface area contributed by atoms with Crippen LogP contribution in [0.3, 0.4) is 0 Å². The van der Waals surface area contributed by atoms with E-state index in [0.29, 0.717) is 38.8 Å². The summed E-state index contributed by atoms with van der Waals surface area (Å²) < 4.78 is 6.21. The number of halogens is 2. The van der Waals surface area contributed by atoms with Crippen LogP contribution in [-0.2, 0) is 0 Å². The molecule has 2 aromatic rings. The summed E-state index contributed by atoms with van der Waals surface area (Å²) in [6, 6.07) is 10.2. The number of benzene rings is 2. The summed E-state index contributed by atoms with van der Waals surface area (Å²) in [5, 5.41) is 3.26. The van der Waals surface area contributed by atoms with E-state index in [-0.39, 0.29) is 5.91 Å². The number of nitrogens with one attached hydrogen (secondary N) is 1. The number of anilines is 2. The lowest BCUT2D eigenvalue weighted by molar-refractivity contribution is 0.102. The summed E-state index contributed by atoms with van der Waals surface area (Å²) in [6.45, 7) is 2.33. The topological polar surface area (TPSA) is 64.3 Å². The third-order valence-corrected chi connectivity index (χ3v) is 3.56. The SMILES string of the molecule is CCOc1c(Br)cc(Cl)cc1NC(=O)c1ccccc1N. The molecule has 0 aliphatic rings. The van der Waals surface area contributed by atoms with Gasteiger partial charge in [-0.2, -0.15) is 0 Å². The van der Waals surface area contributed by atoms with Crippen molar-refractivity contribution in [2.45, 2.75) is 6.92 Å². The molecule has 3 N–H and O–H groups in total. The fourth-order valence-electron chi connectivity index (χ4n) is 1.84. The second-order valence-electron chi connectivity index (χ2n) is 4.24. The molecule has 0 saturated carbocycles. The molecule has 6 heteroatoms. The van der Waals surface area contributed by atoms with Crippen LogP contribution in [0, 0.1) is 0 Å². The molecule has 4 nitrogen and oxygen atoms in total. The molecule has 0 heterocycles. The van der Waals surface area contributed by atoms with Crippen LogP contribution in [0.2, 0.25) is 5.02 Å². The first-order chi connectivity index (χ1) is 10.0. The minimum absolute atomic E-state index is 0.316. The molecule has 0 bridgehead atoms. The number of rotatable bonds is 4. The van der Waals surface area contributed by atoms with E-state index in [1.165, 1.54) is 0 Å². The van der Waals surface area contributed by atoms with Crippen molar-refractivity contribution in [3.63, 3.8) is 0 Å². The number of para-hydroxylation sites is 1. The van der Waals surface area contributed by atoms with E-state index < -0.39 is 0 Å². The number of nitrogens with two attached hydrogens (primary N) is 1. The van der Waals surface area contributed by atoms with Crippen LogP contribution >= 0.6 is 27.5 Å². The number of carbonyl (C=O) groups excluding carboxylic acids is 1. The molecule has 0 atom stereocenters. The number of amides is 1. The molecule has 0 radical (unpaired) electrons. The summed E-state index contributed by atoms with van der Waals surface area (Å²) in [7, 11) is 0. The van der Waals surface area contributed by atoms with E-state index in [2.05, 4.69) is 21.2 Å². The highest BCUT2D eigenvalue weighted by molar-refractivity contribution is 9.10. The lowest BCUT2D eigenvalue weighted by Crippen LogP contribution is -2.15. The van der Waals surface area contributed by atoms with Gasteiger partial charge in [0.05, 0.1) is 22.3 Å². The van der Waals surface area contributed by atoms with E-state index in [1.807, 2.05) is 6.92 Å². The largest absolute Gasteiger partial charge is 0.491 e. The average molecular weight is 370 g/mol. The molecule has 0 saturated heterocycles. The molecule has 0 unspecified atom stereocenters. The van der Waals surface area contributed by atoms with Gasteiger partial charge in [-0.15, -0.1) is 0 Å². The Labute approximate surface area is 136 Å². The lowest BCUT2D eigenvalue weighted by atomic mass is 10.1. The molecule has 21 heavy (non-hydrogen) atoms. The second-order valence-corrected chi connectivity index (χ2v) is 5.53. The normalized spacial score (nSPS) is 10.2. The Morgan fingerprint density at radius 1 is 1.38 bits per heavy atom. The summed E-state index contributed by atoms with van der Waals surface area (Å²) in [5.41, 5.74) is 7.10. The van der Waals surface area contributed by atoms with Gasteiger partial charge in [-0.05, 0) is 47.1 Å². The monoisotopic (exact) mass is 368 g/mol. The molecule has 2 aromatic carbocycles. The fourth-order valence-corrected chi connectivity index (χ4v) is 2.76. The number of hydrogen-bond acceptors (Lipinski definition) is 3. The molecule has 1 amide bonds. The third-order valence-electron chi connectivity index (χ3n) is 2.75. The third kappa shape index (κ3) is 3.68. The summed E-state index contributed by atoms with van der Waals surface area (Å²) in [6.07, 6.45) is 0. The van der Waals surface area contributed by atoms with Crippen LogP contribution in [0.5, 0.6) is 5.75 Å². The van der Waals surface area contributed by atoms with Gasteiger partial charge in [0.1, 0.15) is 0 Å². The maximum Gasteiger partial charge on any atom is 0.257 e. The number of hydrogen-bond donors (Lipinski definition) is 2. The first-order valence-corrected chi connectivity index (χ1v) is 7.47. The lowest BCUT2D eigenvalue weighted by Gasteiger charge is -2.14. The van der Waals surface area contributed by atoms with Gasteiger partial charge in [0, 0.05) is 10.7 Å². The highest BCUT2D eigenvalue weighted by Crippen LogP contribution is 2.37. The van der Waals surface area contributed by atoms with E-state index in [4.69, 9.17) is 22.1 Å². The molecule has 0 aliphatic carbocycles. The second kappa shape index (κ2) is 6.83. The Hall–Kier alpha value is -1.72. The smallest absolute Gasteiger partial charge is 0.257 e. The molecular formula is C15H14BrClN2O2. The van der Waals surface area contributed by atoms with Gasteiger partial charge in [0.2, 0.25) is 0 Å². The van der Waals surface area contributed by atoms with Gasteiger partial charge in [-0.3, -0.25) is 4.79 Å². The standard InChI is InChI=1S/C15H14BrClN2O2/c1-2-21-14-11(16)7-9(17)8-13(14)19-15(20)10-5-3-4-6-12(10)18/h3-8H,2,18H2,1H3,(H,19,20). The van der Waals surface area contributed by atoms with Crippen molar-refractivity contribution in [3.05, 3.63) is 51.5 Å². The van der Waals surface area contributed by atoms with Gasteiger partial charge in [0.15, 0.2) is 5.75 Å². The van der Waals surface area contributed by atoms with Gasteiger partial charge in [-0.1, -0.05) is 23.7 Å². The van der Waals surface area contributed by atoms with Gasteiger partial charge in [0.25, 0.3) is 5.91 Å². The molecule has 2 rings (SSSR count). The van der Waals surface area contributed by atoms with Crippen molar-refractivity contribution in [1.29, 1.82) is 0 Å². The van der Waals surface area contributed by atoms with Crippen molar-refractivity contribution in [3.8, 4) is 5.75 Å². The zero-order valence-corrected chi connectivity index (χ0v) is 13.7. The Balaban J connectivity index is 2.35. The quantitative estimate of drug-likeness (QED) is 0.788. The van der Waals surface area contributed by atoms with Crippen LogP contribution < -0.4 is 15.8 Å². The minimum atomic E-state index is -0.316. The van der Waals surface area contributed by atoms with E-state index in [9.17, 15) is 4.79 Å². The molecule has 0 spiro atoms. The highest BCUT2D eigenvalue weighted by atomic mass is 79.9. The average Bonchev–Trinajstić information content (AvgIpc) is 2.43. The number of carbonyl (C=O) groups is 1. The van der Waals surface area contributed by atoms with Gasteiger partial charge in [-0.25, -0.2) is 0 Å². The number of ether oxygens (including phenoxy) is 1. The van der Waals surface area contributed by atoms with Gasteiger partial charge < -0.3 is 15.8 Å². The minimum Gasteiger partial charge on any atom is -0.491 e. The maximum absolute atomic E-state index is 12.3. The maximum atomic E-state index is 12.3. The predicted octanol–water partition coefficient (Wildman–Crippen LogP) is 4.34. The highest BCUT2D eigenvalue weighted by Gasteiger charge is 2.15. The number of nitrogen functional groups attached to an aromatic ring is 1. The van der Waals surface area contributed by atoms with E-state index in [0.717, 1.165) is 0 Å². The molecule has 110 valence electrons. The van der Waals surface area contributed by atoms with Crippen molar-refractivity contribution < 1.29 is 9.53 Å². The van der Waals surface area contributed by atoms with Gasteiger partial charge >= 0.3 is 0 Å². The predicted molar refractivity (Wildman–Crippen MR) is 89.1 cm³/mol. The molecule has 0 aliphatic heterocycles. The summed E-state index contributed by atoms with van der Waals surface area (Å²) in [5.74, 6) is 0.216. The van der Waals surface area contributed by atoms with Crippen LogP contribution in [0.25, 0.3) is 0 Å². The Bertz CT molecular complexity index is 677. The van der Waals surface area contributed by atoms with Crippen LogP contribution in [0.15, 0.2) is 40.9 Å². The van der Waals surface area contributed by atoms with Crippen LogP contribution in [0.4, 0.5) is 11.4 Å². The first-order valence-electron chi connectivity index (χ1n) is 6.30. The summed E-state index contributed by atoms with van der Waals surface area (Å²) in [4.78, 5) is 12.3. The van der Waals surface area contributed by atoms with Crippen molar-refractivity contribution in [2.24, 2.45) is 0 Å². The van der Waals surface area contributed by atoms with Crippen molar-refractivity contribution >= 4 is 44.8 Å². The molecule has 0 fully saturated rings. The molecule has 0 aromatic heterocycles. The van der Waals surface area contributed by atoms with Crippen LogP contribution in [0.1, 0.15) is 17.3 Å². The Morgan fingerprint density at radius 2 is 2.10 bits per heavy atom. The van der Waals surface area contributed by atoms with Crippen LogP contribution in [-0.4, -0.2) is 12.5 Å². The summed E-state index contributed by atoms with van der Waals surface area (Å²) >= 11 is 9.40. The Morgan fingerprint density at radius 3 is 2.76 bits per heavy atom. The van der Waals surface area contributed by atoms with Crippen molar-refractivity contribution in [1.82, 2.24) is 0 Å². The zero-order chi connectivity index (χ0) is 15.4. The van der Waals surface area contributed by atoms with E-state index >= 15 is 0 Å².